The molecule has 1 aliphatic heterocycles. The fraction of sp³-hybridized carbons (Fsp3) is 0.688. The quantitative estimate of drug-likeness (QED) is 0.839. The second-order valence-corrected chi connectivity index (χ2v) is 6.70. The molecule has 0 aromatic carbocycles. The minimum Gasteiger partial charge on any atom is -0.476 e. The lowest BCUT2D eigenvalue weighted by Gasteiger charge is -2.17. The van der Waals surface area contributed by atoms with Crippen LogP contribution in [0.2, 0.25) is 0 Å². The van der Waals surface area contributed by atoms with Crippen LogP contribution in [-0.4, -0.2) is 41.7 Å². The molecule has 1 atom stereocenters. The summed E-state index contributed by atoms with van der Waals surface area (Å²) < 4.78 is 5.75. The summed E-state index contributed by atoms with van der Waals surface area (Å²) in [5.74, 6) is 2.19. The van der Waals surface area contributed by atoms with Gasteiger partial charge in [0.15, 0.2) is 0 Å². The SMILES string of the molecule is Nc1ccc(NC2CCN(C3CC3)C2)nc1OCC1CC1. The van der Waals surface area contributed by atoms with Crippen molar-refractivity contribution in [2.75, 3.05) is 30.7 Å². The topological polar surface area (TPSA) is 63.4 Å². The Kier molecular flexibility index (Phi) is 3.37. The summed E-state index contributed by atoms with van der Waals surface area (Å²) in [4.78, 5) is 7.14. The summed E-state index contributed by atoms with van der Waals surface area (Å²) in [7, 11) is 0. The van der Waals surface area contributed by atoms with Crippen molar-refractivity contribution in [1.29, 1.82) is 0 Å². The molecule has 1 unspecified atom stereocenters. The second-order valence-electron chi connectivity index (χ2n) is 6.70. The van der Waals surface area contributed by atoms with Gasteiger partial charge in [0.1, 0.15) is 5.82 Å². The maximum atomic E-state index is 5.95. The molecule has 2 heterocycles. The fourth-order valence-corrected chi connectivity index (χ4v) is 3.01. The van der Waals surface area contributed by atoms with Crippen molar-refractivity contribution < 1.29 is 4.74 Å². The highest BCUT2D eigenvalue weighted by molar-refractivity contribution is 5.54. The van der Waals surface area contributed by atoms with Gasteiger partial charge >= 0.3 is 0 Å². The van der Waals surface area contributed by atoms with Crippen LogP contribution < -0.4 is 15.8 Å². The van der Waals surface area contributed by atoms with E-state index < -0.39 is 0 Å². The average Bonchev–Trinajstić information content (AvgIpc) is 3.40. The van der Waals surface area contributed by atoms with Gasteiger partial charge < -0.3 is 15.8 Å². The van der Waals surface area contributed by atoms with Crippen LogP contribution in [0.3, 0.4) is 0 Å². The Morgan fingerprint density at radius 1 is 1.24 bits per heavy atom. The summed E-state index contributed by atoms with van der Waals surface area (Å²) in [5, 5.41) is 3.54. The number of ether oxygens (including phenoxy) is 1. The molecule has 0 amide bonds. The Hall–Kier alpha value is -1.49. The molecule has 21 heavy (non-hydrogen) atoms. The number of hydrogen-bond donors (Lipinski definition) is 2. The van der Waals surface area contributed by atoms with Gasteiger partial charge in [-0.2, -0.15) is 4.98 Å². The van der Waals surface area contributed by atoms with Crippen LogP contribution in [-0.2, 0) is 0 Å². The molecule has 3 aliphatic rings. The number of likely N-dealkylation sites (tertiary alicyclic amines) is 1. The molecule has 3 fully saturated rings. The van der Waals surface area contributed by atoms with E-state index in [1.54, 1.807) is 0 Å². The van der Waals surface area contributed by atoms with E-state index in [9.17, 15) is 0 Å². The average molecular weight is 288 g/mol. The highest BCUT2D eigenvalue weighted by Crippen LogP contribution is 2.32. The van der Waals surface area contributed by atoms with Gasteiger partial charge in [-0.15, -0.1) is 0 Å². The predicted octanol–water partition coefficient (Wildman–Crippen LogP) is 2.10. The number of rotatable bonds is 6. The van der Waals surface area contributed by atoms with Crippen LogP contribution in [0.25, 0.3) is 0 Å². The first-order valence-electron chi connectivity index (χ1n) is 8.18. The van der Waals surface area contributed by atoms with E-state index in [1.165, 1.54) is 38.6 Å². The number of nitrogen functional groups attached to an aromatic ring is 1. The van der Waals surface area contributed by atoms with Crippen LogP contribution in [0, 0.1) is 5.92 Å². The lowest BCUT2D eigenvalue weighted by molar-refractivity contribution is 0.290. The van der Waals surface area contributed by atoms with Gasteiger partial charge in [0, 0.05) is 25.2 Å². The molecule has 3 N–H and O–H groups in total. The lowest BCUT2D eigenvalue weighted by Crippen LogP contribution is -2.28. The van der Waals surface area contributed by atoms with E-state index in [0.717, 1.165) is 25.0 Å². The molecule has 1 saturated heterocycles. The zero-order chi connectivity index (χ0) is 14.2. The third-order valence-corrected chi connectivity index (χ3v) is 4.68. The Bertz CT molecular complexity index is 513. The van der Waals surface area contributed by atoms with Crippen molar-refractivity contribution in [2.45, 2.75) is 44.2 Å². The molecular weight excluding hydrogens is 264 g/mol. The summed E-state index contributed by atoms with van der Waals surface area (Å²) in [6.45, 7) is 3.09. The molecule has 5 heteroatoms. The Balaban J connectivity index is 1.36. The number of anilines is 2. The van der Waals surface area contributed by atoms with Gasteiger partial charge in [-0.25, -0.2) is 0 Å². The highest BCUT2D eigenvalue weighted by Gasteiger charge is 2.34. The second kappa shape index (κ2) is 5.37. The molecule has 2 saturated carbocycles. The smallest absolute Gasteiger partial charge is 0.239 e. The molecule has 114 valence electrons. The molecule has 0 bridgehead atoms. The molecule has 2 aliphatic carbocycles. The van der Waals surface area contributed by atoms with E-state index in [1.807, 2.05) is 12.1 Å². The van der Waals surface area contributed by atoms with E-state index in [0.29, 0.717) is 23.5 Å². The maximum absolute atomic E-state index is 5.95. The minimum atomic E-state index is 0.498. The number of nitrogens with one attached hydrogen (secondary N) is 1. The molecule has 5 nitrogen and oxygen atoms in total. The standard InChI is InChI=1S/C16H24N4O/c17-14-5-6-15(19-16(14)21-10-11-1-2-11)18-12-7-8-20(9-12)13-3-4-13/h5-6,11-13H,1-4,7-10,17H2,(H,18,19). The fourth-order valence-electron chi connectivity index (χ4n) is 3.01. The van der Waals surface area contributed by atoms with Crippen LogP contribution in [0.4, 0.5) is 11.5 Å². The first-order valence-corrected chi connectivity index (χ1v) is 8.18. The maximum Gasteiger partial charge on any atom is 0.239 e. The van der Waals surface area contributed by atoms with Crippen molar-refractivity contribution in [1.82, 2.24) is 9.88 Å². The predicted molar refractivity (Wildman–Crippen MR) is 83.5 cm³/mol. The van der Waals surface area contributed by atoms with E-state index in [-0.39, 0.29) is 0 Å². The summed E-state index contributed by atoms with van der Waals surface area (Å²) in [5.41, 5.74) is 6.58. The third kappa shape index (κ3) is 3.23. The zero-order valence-electron chi connectivity index (χ0n) is 12.4. The summed E-state index contributed by atoms with van der Waals surface area (Å²) in [6.07, 6.45) is 6.51. The molecule has 1 aromatic heterocycles. The van der Waals surface area contributed by atoms with E-state index in [2.05, 4.69) is 15.2 Å². The van der Waals surface area contributed by atoms with E-state index >= 15 is 0 Å². The third-order valence-electron chi connectivity index (χ3n) is 4.68. The number of aromatic nitrogens is 1. The van der Waals surface area contributed by atoms with Crippen LogP contribution in [0.15, 0.2) is 12.1 Å². The van der Waals surface area contributed by atoms with Gasteiger partial charge in [0.25, 0.3) is 0 Å². The molecule has 4 rings (SSSR count). The largest absolute Gasteiger partial charge is 0.476 e. The van der Waals surface area contributed by atoms with Gasteiger partial charge in [-0.05, 0) is 50.2 Å². The first kappa shape index (κ1) is 13.2. The van der Waals surface area contributed by atoms with Crippen LogP contribution in [0.5, 0.6) is 5.88 Å². The van der Waals surface area contributed by atoms with Gasteiger partial charge in [-0.1, -0.05) is 0 Å². The number of nitrogens with two attached hydrogens (primary N) is 1. The van der Waals surface area contributed by atoms with Gasteiger partial charge in [0.2, 0.25) is 5.88 Å². The summed E-state index contributed by atoms with van der Waals surface area (Å²) >= 11 is 0. The number of nitrogens with zero attached hydrogens (tertiary/aromatic N) is 2. The Morgan fingerprint density at radius 2 is 2.10 bits per heavy atom. The minimum absolute atomic E-state index is 0.498. The van der Waals surface area contributed by atoms with Crippen molar-refractivity contribution in [2.24, 2.45) is 5.92 Å². The molecule has 1 aromatic rings. The Labute approximate surface area is 125 Å². The number of hydrogen-bond acceptors (Lipinski definition) is 5. The number of pyridine rings is 1. The molecule has 0 radical (unpaired) electrons. The summed E-state index contributed by atoms with van der Waals surface area (Å²) in [6, 6.07) is 5.20. The Morgan fingerprint density at radius 3 is 2.86 bits per heavy atom. The van der Waals surface area contributed by atoms with Gasteiger partial charge in [0.05, 0.1) is 12.3 Å². The lowest BCUT2D eigenvalue weighted by atomic mass is 10.2. The van der Waals surface area contributed by atoms with Crippen molar-refractivity contribution in [3.63, 3.8) is 0 Å². The zero-order valence-corrected chi connectivity index (χ0v) is 12.4. The van der Waals surface area contributed by atoms with Crippen molar-refractivity contribution in [3.05, 3.63) is 12.1 Å². The molecule has 0 spiro atoms. The van der Waals surface area contributed by atoms with E-state index in [4.69, 9.17) is 10.5 Å². The van der Waals surface area contributed by atoms with Crippen LogP contribution >= 0.6 is 0 Å². The highest BCUT2D eigenvalue weighted by atomic mass is 16.5. The normalized spacial score (nSPS) is 26.0. The van der Waals surface area contributed by atoms with Gasteiger partial charge in [-0.3, -0.25) is 4.90 Å². The molecular formula is C16H24N4O. The first-order chi connectivity index (χ1) is 10.3. The van der Waals surface area contributed by atoms with Crippen molar-refractivity contribution >= 4 is 11.5 Å². The van der Waals surface area contributed by atoms with Crippen molar-refractivity contribution in [3.8, 4) is 5.88 Å². The monoisotopic (exact) mass is 288 g/mol. The van der Waals surface area contributed by atoms with Crippen LogP contribution in [0.1, 0.15) is 32.1 Å².